The zero-order valence-corrected chi connectivity index (χ0v) is 11.7. The minimum absolute atomic E-state index is 0.0334. The van der Waals surface area contributed by atoms with Gasteiger partial charge in [-0.3, -0.25) is 13.9 Å². The van der Waals surface area contributed by atoms with Gasteiger partial charge in [-0.15, -0.1) is 0 Å². The van der Waals surface area contributed by atoms with Gasteiger partial charge in [0.25, 0.3) is 5.56 Å². The SMILES string of the molecule is Nc1nc2c(ncn2[C@H]2C[C@H](O)[C@@H](CO)O2)c(=O)n1CCO. The molecular weight excluding hydrogens is 294 g/mol. The monoisotopic (exact) mass is 311 g/mol. The van der Waals surface area contributed by atoms with E-state index in [9.17, 15) is 9.90 Å². The summed E-state index contributed by atoms with van der Waals surface area (Å²) in [4.78, 5) is 20.4. The number of anilines is 1. The fourth-order valence-electron chi connectivity index (χ4n) is 2.59. The third-order valence-electron chi connectivity index (χ3n) is 3.73. The van der Waals surface area contributed by atoms with E-state index in [0.717, 1.165) is 4.57 Å². The molecule has 0 amide bonds. The Balaban J connectivity index is 2.05. The summed E-state index contributed by atoms with van der Waals surface area (Å²) < 4.78 is 8.17. The lowest BCUT2D eigenvalue weighted by molar-refractivity contribution is -0.0432. The van der Waals surface area contributed by atoms with E-state index in [4.69, 9.17) is 20.7 Å². The Bertz CT molecular complexity index is 741. The molecule has 0 aliphatic carbocycles. The third-order valence-corrected chi connectivity index (χ3v) is 3.73. The van der Waals surface area contributed by atoms with Gasteiger partial charge in [-0.2, -0.15) is 4.98 Å². The molecule has 120 valence electrons. The Kier molecular flexibility index (Phi) is 3.83. The molecule has 2 aromatic rings. The standard InChI is InChI=1S/C12H17N5O5/c13-12-15-10-9(11(21)16(12)1-2-18)14-5-17(10)8-3-6(20)7(4-19)22-8/h5-8,18-20H,1-4H2,(H2,13,15)/t6-,7+,8+/m0/s1. The smallest absolute Gasteiger partial charge is 0.283 e. The Morgan fingerprint density at radius 1 is 1.45 bits per heavy atom. The lowest BCUT2D eigenvalue weighted by atomic mass is 10.2. The van der Waals surface area contributed by atoms with Crippen LogP contribution in [-0.4, -0.2) is 59.8 Å². The molecule has 2 aromatic heterocycles. The number of nitrogens with zero attached hydrogens (tertiary/aromatic N) is 4. The first-order valence-corrected chi connectivity index (χ1v) is 6.85. The maximum Gasteiger partial charge on any atom is 0.283 e. The van der Waals surface area contributed by atoms with Gasteiger partial charge in [-0.25, -0.2) is 4.98 Å². The summed E-state index contributed by atoms with van der Waals surface area (Å²) in [5, 5.41) is 27.9. The fourth-order valence-corrected chi connectivity index (χ4v) is 2.59. The molecule has 3 atom stereocenters. The molecule has 0 unspecified atom stereocenters. The highest BCUT2D eigenvalue weighted by Gasteiger charge is 2.35. The first kappa shape index (κ1) is 14.9. The van der Waals surface area contributed by atoms with Crippen molar-refractivity contribution in [2.24, 2.45) is 0 Å². The highest BCUT2D eigenvalue weighted by Crippen LogP contribution is 2.30. The average Bonchev–Trinajstić information content (AvgIpc) is 3.06. The van der Waals surface area contributed by atoms with Crippen molar-refractivity contribution in [3.8, 4) is 0 Å². The number of nitrogens with two attached hydrogens (primary N) is 1. The van der Waals surface area contributed by atoms with Crippen LogP contribution in [0.5, 0.6) is 0 Å². The van der Waals surface area contributed by atoms with Crippen LogP contribution in [0.4, 0.5) is 5.95 Å². The topological polar surface area (TPSA) is 149 Å². The van der Waals surface area contributed by atoms with Gasteiger partial charge in [0, 0.05) is 6.42 Å². The zero-order valence-electron chi connectivity index (χ0n) is 11.7. The van der Waals surface area contributed by atoms with Gasteiger partial charge in [0.05, 0.1) is 32.2 Å². The molecule has 0 bridgehead atoms. The molecule has 0 spiro atoms. The Morgan fingerprint density at radius 2 is 2.23 bits per heavy atom. The number of rotatable bonds is 4. The molecule has 1 fully saturated rings. The molecule has 1 aliphatic rings. The maximum absolute atomic E-state index is 12.3. The lowest BCUT2D eigenvalue weighted by Crippen LogP contribution is -2.26. The maximum atomic E-state index is 12.3. The van der Waals surface area contributed by atoms with E-state index in [0.29, 0.717) is 0 Å². The summed E-state index contributed by atoms with van der Waals surface area (Å²) in [6.07, 6.45) is -0.442. The van der Waals surface area contributed by atoms with Gasteiger partial charge in [0.2, 0.25) is 5.95 Å². The van der Waals surface area contributed by atoms with Crippen LogP contribution in [-0.2, 0) is 11.3 Å². The number of hydrogen-bond acceptors (Lipinski definition) is 8. The zero-order chi connectivity index (χ0) is 15.9. The number of ether oxygens (including phenoxy) is 1. The largest absolute Gasteiger partial charge is 0.395 e. The summed E-state index contributed by atoms with van der Waals surface area (Å²) in [7, 11) is 0. The second-order valence-electron chi connectivity index (χ2n) is 5.09. The van der Waals surface area contributed by atoms with Crippen LogP contribution in [0.3, 0.4) is 0 Å². The second kappa shape index (κ2) is 5.65. The van der Waals surface area contributed by atoms with Crippen LogP contribution < -0.4 is 11.3 Å². The highest BCUT2D eigenvalue weighted by atomic mass is 16.5. The fraction of sp³-hybridized carbons (Fsp3) is 0.583. The molecule has 10 heteroatoms. The molecule has 0 radical (unpaired) electrons. The van der Waals surface area contributed by atoms with Gasteiger partial charge in [-0.05, 0) is 0 Å². The Morgan fingerprint density at radius 3 is 2.86 bits per heavy atom. The molecule has 0 aromatic carbocycles. The molecule has 3 rings (SSSR count). The van der Waals surface area contributed by atoms with Crippen molar-refractivity contribution in [2.75, 3.05) is 18.9 Å². The lowest BCUT2D eigenvalue weighted by Gasteiger charge is -2.14. The van der Waals surface area contributed by atoms with E-state index >= 15 is 0 Å². The van der Waals surface area contributed by atoms with Crippen LogP contribution in [0.1, 0.15) is 12.6 Å². The molecule has 1 saturated heterocycles. The van der Waals surface area contributed by atoms with E-state index in [1.165, 1.54) is 10.9 Å². The Hall–Kier alpha value is -2.01. The second-order valence-corrected chi connectivity index (χ2v) is 5.09. The quantitative estimate of drug-likeness (QED) is 0.497. The normalized spacial score (nSPS) is 25.1. The van der Waals surface area contributed by atoms with Crippen LogP contribution >= 0.6 is 0 Å². The van der Waals surface area contributed by atoms with Gasteiger partial charge in [0.15, 0.2) is 11.2 Å². The molecule has 5 N–H and O–H groups in total. The first-order chi connectivity index (χ1) is 10.6. The number of imidazole rings is 1. The van der Waals surface area contributed by atoms with Crippen LogP contribution in [0.2, 0.25) is 0 Å². The summed E-state index contributed by atoms with van der Waals surface area (Å²) in [6.45, 7) is -0.511. The summed E-state index contributed by atoms with van der Waals surface area (Å²) >= 11 is 0. The van der Waals surface area contributed by atoms with Crippen molar-refractivity contribution in [1.29, 1.82) is 0 Å². The summed E-state index contributed by atoms with van der Waals surface area (Å²) in [5.41, 5.74) is 5.65. The number of aliphatic hydroxyl groups excluding tert-OH is 3. The number of hydrogen-bond donors (Lipinski definition) is 4. The van der Waals surface area contributed by atoms with Crippen LogP contribution in [0, 0.1) is 0 Å². The van der Waals surface area contributed by atoms with Crippen molar-refractivity contribution in [3.63, 3.8) is 0 Å². The van der Waals surface area contributed by atoms with Crippen molar-refractivity contribution in [3.05, 3.63) is 16.7 Å². The van der Waals surface area contributed by atoms with E-state index in [-0.39, 0.29) is 43.3 Å². The molecule has 10 nitrogen and oxygen atoms in total. The van der Waals surface area contributed by atoms with Crippen molar-refractivity contribution in [1.82, 2.24) is 19.1 Å². The minimum Gasteiger partial charge on any atom is -0.395 e. The van der Waals surface area contributed by atoms with Gasteiger partial charge in [-0.1, -0.05) is 0 Å². The van der Waals surface area contributed by atoms with Gasteiger partial charge >= 0.3 is 0 Å². The van der Waals surface area contributed by atoms with Gasteiger partial charge in [0.1, 0.15) is 12.3 Å². The number of fused-ring (bicyclic) bond motifs is 1. The summed E-state index contributed by atoms with van der Waals surface area (Å²) in [5.74, 6) is -0.0365. The van der Waals surface area contributed by atoms with E-state index in [1.807, 2.05) is 0 Å². The molecular formula is C12H17N5O5. The average molecular weight is 311 g/mol. The van der Waals surface area contributed by atoms with Crippen molar-refractivity contribution >= 4 is 17.1 Å². The van der Waals surface area contributed by atoms with E-state index in [2.05, 4.69) is 9.97 Å². The Labute approximate surface area is 124 Å². The third kappa shape index (κ3) is 2.25. The van der Waals surface area contributed by atoms with Crippen molar-refractivity contribution < 1.29 is 20.1 Å². The molecule has 3 heterocycles. The van der Waals surface area contributed by atoms with Crippen molar-refractivity contribution in [2.45, 2.75) is 31.4 Å². The minimum atomic E-state index is -0.806. The predicted octanol–water partition coefficient (Wildman–Crippen LogP) is -2.19. The first-order valence-electron chi connectivity index (χ1n) is 6.85. The molecule has 22 heavy (non-hydrogen) atoms. The van der Waals surface area contributed by atoms with Gasteiger partial charge < -0.3 is 25.8 Å². The number of aromatic nitrogens is 4. The van der Waals surface area contributed by atoms with Crippen LogP contribution in [0.25, 0.3) is 11.2 Å². The van der Waals surface area contributed by atoms with E-state index in [1.54, 1.807) is 0 Å². The number of aliphatic hydroxyl groups is 3. The van der Waals surface area contributed by atoms with E-state index < -0.39 is 24.0 Å². The molecule has 0 saturated carbocycles. The number of nitrogen functional groups attached to an aromatic ring is 1. The predicted molar refractivity (Wildman–Crippen MR) is 74.9 cm³/mol. The molecule has 1 aliphatic heterocycles. The van der Waals surface area contributed by atoms with Crippen LogP contribution in [0.15, 0.2) is 11.1 Å². The summed E-state index contributed by atoms with van der Waals surface area (Å²) in [6, 6.07) is 0. The highest BCUT2D eigenvalue weighted by molar-refractivity contribution is 5.71.